The lowest BCUT2D eigenvalue weighted by molar-refractivity contribution is 0.525. The average Bonchev–Trinajstić information content (AvgIpc) is 3.93. The molecule has 0 saturated carbocycles. The summed E-state index contributed by atoms with van der Waals surface area (Å²) in [6, 6.07) is 63.7. The van der Waals surface area contributed by atoms with Crippen LogP contribution in [0.2, 0.25) is 0 Å². The molecule has 0 aliphatic heterocycles. The van der Waals surface area contributed by atoms with E-state index in [-0.39, 0.29) is 10.8 Å². The Balaban J connectivity index is 1.12. The third-order valence-corrected chi connectivity index (χ3v) is 14.9. The van der Waals surface area contributed by atoms with Gasteiger partial charge in [0.1, 0.15) is 0 Å². The van der Waals surface area contributed by atoms with E-state index >= 15 is 0 Å². The molecular weight excluding hydrogens is 751 g/mol. The number of thiophene rings is 2. The van der Waals surface area contributed by atoms with E-state index in [1.165, 1.54) is 107 Å². The Morgan fingerprint density at radius 3 is 1.56 bits per heavy atom. The van der Waals surface area contributed by atoms with Gasteiger partial charge in [-0.05, 0) is 92.6 Å². The maximum absolute atomic E-state index is 2.49. The van der Waals surface area contributed by atoms with Crippen molar-refractivity contribution in [1.82, 2.24) is 4.57 Å². The van der Waals surface area contributed by atoms with E-state index in [0.29, 0.717) is 0 Å². The van der Waals surface area contributed by atoms with E-state index in [2.05, 4.69) is 209 Å². The molecule has 0 fully saturated rings. The van der Waals surface area contributed by atoms with Gasteiger partial charge in [-0.25, -0.2) is 0 Å². The highest BCUT2D eigenvalue weighted by atomic mass is 32.1. The predicted molar refractivity (Wildman–Crippen MR) is 259 cm³/mol. The Bertz CT molecular complexity index is 3300. The lowest BCUT2D eigenvalue weighted by atomic mass is 9.72. The highest BCUT2D eigenvalue weighted by molar-refractivity contribution is 7.26. The molecule has 0 N–H and O–H groups in total. The third kappa shape index (κ3) is 5.78. The lowest BCUT2D eigenvalue weighted by Gasteiger charge is -2.32. The Morgan fingerprint density at radius 1 is 0.441 bits per heavy atom. The zero-order valence-corrected chi connectivity index (χ0v) is 35.8. The normalized spacial score (nSPS) is 12.6. The summed E-state index contributed by atoms with van der Waals surface area (Å²) in [5.74, 6) is 0. The summed E-state index contributed by atoms with van der Waals surface area (Å²) in [5.41, 5.74) is 12.8. The van der Waals surface area contributed by atoms with Gasteiger partial charge in [-0.1, -0.05) is 168 Å². The molecule has 1 nitrogen and oxygen atoms in total. The number of fused-ring (bicyclic) bond motifs is 9. The van der Waals surface area contributed by atoms with Crippen LogP contribution in [0.5, 0.6) is 0 Å². The minimum absolute atomic E-state index is 0.0196. The quantitative estimate of drug-likeness (QED) is 0.158. The number of hydrogen-bond acceptors (Lipinski definition) is 2. The minimum Gasteiger partial charge on any atom is -0.309 e. The first kappa shape index (κ1) is 36.1. The van der Waals surface area contributed by atoms with Gasteiger partial charge in [0.05, 0.1) is 11.0 Å². The molecular formula is C56H45NS2. The maximum Gasteiger partial charge on any atom is 0.0544 e. The molecule has 11 aromatic rings. The van der Waals surface area contributed by atoms with Crippen LogP contribution < -0.4 is 0 Å². The van der Waals surface area contributed by atoms with E-state index in [1.54, 1.807) is 0 Å². The average molecular weight is 796 g/mol. The van der Waals surface area contributed by atoms with Gasteiger partial charge in [0.15, 0.2) is 0 Å². The summed E-state index contributed by atoms with van der Waals surface area (Å²) in [5, 5.41) is 7.99. The molecule has 59 heavy (non-hydrogen) atoms. The van der Waals surface area contributed by atoms with Crippen LogP contribution in [0.1, 0.15) is 51.3 Å². The number of para-hydroxylation sites is 1. The molecule has 0 atom stereocenters. The van der Waals surface area contributed by atoms with Crippen LogP contribution in [0.25, 0.3) is 90.1 Å². The second-order valence-electron chi connectivity index (χ2n) is 17.8. The van der Waals surface area contributed by atoms with Gasteiger partial charge in [-0.2, -0.15) is 0 Å². The number of aromatic nitrogens is 1. The first-order chi connectivity index (χ1) is 28.7. The van der Waals surface area contributed by atoms with E-state index in [4.69, 9.17) is 0 Å². The van der Waals surface area contributed by atoms with Crippen molar-refractivity contribution in [2.45, 2.75) is 51.9 Å². The molecule has 0 unspecified atom stereocenters. The molecule has 3 heterocycles. The second-order valence-corrected chi connectivity index (χ2v) is 19.9. The van der Waals surface area contributed by atoms with Gasteiger partial charge in [-0.3, -0.25) is 0 Å². The molecule has 3 aromatic heterocycles. The van der Waals surface area contributed by atoms with Crippen molar-refractivity contribution in [3.05, 3.63) is 187 Å². The van der Waals surface area contributed by atoms with Crippen molar-refractivity contribution in [3.8, 4) is 27.9 Å². The Morgan fingerprint density at radius 2 is 0.932 bits per heavy atom. The number of rotatable bonds is 6. The zero-order chi connectivity index (χ0) is 40.0. The molecule has 0 amide bonds. The summed E-state index contributed by atoms with van der Waals surface area (Å²) < 4.78 is 7.86. The molecule has 8 aromatic carbocycles. The van der Waals surface area contributed by atoms with Crippen molar-refractivity contribution < 1.29 is 0 Å². The topological polar surface area (TPSA) is 4.93 Å². The SMILES string of the molecule is CC(C)(C)c1cccc2c1c1ccccc1n2-c1cccc(CC(C)(C)c2c(-c3cccc4c3sc3ccccc34)cccc2-c2cccc3c2sc2ccccc23)c1. The molecule has 0 aliphatic rings. The van der Waals surface area contributed by atoms with Gasteiger partial charge in [0, 0.05) is 56.8 Å². The first-order valence-electron chi connectivity index (χ1n) is 20.7. The second kappa shape index (κ2) is 13.5. The summed E-state index contributed by atoms with van der Waals surface area (Å²) >= 11 is 3.83. The molecule has 0 spiro atoms. The zero-order valence-electron chi connectivity index (χ0n) is 34.1. The van der Waals surface area contributed by atoms with E-state index in [9.17, 15) is 0 Å². The van der Waals surface area contributed by atoms with Crippen molar-refractivity contribution in [2.75, 3.05) is 0 Å². The molecule has 0 radical (unpaired) electrons. The van der Waals surface area contributed by atoms with Gasteiger partial charge in [0.25, 0.3) is 0 Å². The lowest BCUT2D eigenvalue weighted by Crippen LogP contribution is -2.23. The minimum atomic E-state index is -0.248. The van der Waals surface area contributed by atoms with E-state index in [0.717, 1.165) is 6.42 Å². The van der Waals surface area contributed by atoms with Crippen LogP contribution >= 0.6 is 22.7 Å². The van der Waals surface area contributed by atoms with Crippen LogP contribution in [0.3, 0.4) is 0 Å². The van der Waals surface area contributed by atoms with Crippen molar-refractivity contribution in [2.24, 2.45) is 0 Å². The van der Waals surface area contributed by atoms with Crippen molar-refractivity contribution in [3.63, 3.8) is 0 Å². The third-order valence-electron chi connectivity index (χ3n) is 12.5. The van der Waals surface area contributed by atoms with Crippen LogP contribution in [0.4, 0.5) is 0 Å². The summed E-state index contributed by atoms with van der Waals surface area (Å²) in [6.07, 6.45) is 0.875. The summed E-state index contributed by atoms with van der Waals surface area (Å²) in [4.78, 5) is 0. The fourth-order valence-electron chi connectivity index (χ4n) is 9.98. The highest BCUT2D eigenvalue weighted by Gasteiger charge is 2.30. The van der Waals surface area contributed by atoms with Crippen LogP contribution in [-0.2, 0) is 17.3 Å². The Kier molecular flexibility index (Phi) is 8.28. The van der Waals surface area contributed by atoms with Crippen LogP contribution in [0.15, 0.2) is 170 Å². The van der Waals surface area contributed by atoms with Gasteiger partial charge in [0.2, 0.25) is 0 Å². The molecule has 11 rings (SSSR count). The van der Waals surface area contributed by atoms with Gasteiger partial charge >= 0.3 is 0 Å². The predicted octanol–water partition coefficient (Wildman–Crippen LogP) is 16.7. The van der Waals surface area contributed by atoms with Gasteiger partial charge < -0.3 is 4.57 Å². The molecule has 0 bridgehead atoms. The molecule has 0 aliphatic carbocycles. The van der Waals surface area contributed by atoms with E-state index in [1.807, 2.05) is 22.7 Å². The van der Waals surface area contributed by atoms with Crippen molar-refractivity contribution >= 4 is 84.8 Å². The number of nitrogens with zero attached hydrogens (tertiary/aromatic N) is 1. The highest BCUT2D eigenvalue weighted by Crippen LogP contribution is 2.49. The molecule has 0 saturated heterocycles. The summed E-state index contributed by atoms with van der Waals surface area (Å²) in [7, 11) is 0. The van der Waals surface area contributed by atoms with Gasteiger partial charge in [-0.15, -0.1) is 22.7 Å². The summed E-state index contributed by atoms with van der Waals surface area (Å²) in [6.45, 7) is 11.9. The van der Waals surface area contributed by atoms with E-state index < -0.39 is 0 Å². The van der Waals surface area contributed by atoms with Crippen LogP contribution in [0, 0.1) is 0 Å². The van der Waals surface area contributed by atoms with Crippen LogP contribution in [-0.4, -0.2) is 4.57 Å². The fourth-order valence-corrected chi connectivity index (χ4v) is 12.4. The maximum atomic E-state index is 2.49. The number of hydrogen-bond donors (Lipinski definition) is 0. The monoisotopic (exact) mass is 795 g/mol. The largest absolute Gasteiger partial charge is 0.309 e. The number of benzene rings is 8. The smallest absolute Gasteiger partial charge is 0.0544 e. The Labute approximate surface area is 353 Å². The Hall–Kier alpha value is -6.00. The standard InChI is InChI=1S/C56H45NS2/c1-55(2,3)46-28-16-30-48-51(46)45-21-6-9-29-47(45)57(48)36-18-12-17-35(33-36)34-56(4,5)52-39(43-26-14-24-41-37-19-7-10-31-49(37)58-53(41)43)22-13-23-40(52)44-27-15-25-42-38-20-8-11-32-50(38)59-54(42)44/h6-33H,34H2,1-5H3. The fraction of sp³-hybridized carbons (Fsp3) is 0.143. The molecule has 3 heteroatoms. The first-order valence-corrected chi connectivity index (χ1v) is 22.4. The van der Waals surface area contributed by atoms with Crippen molar-refractivity contribution in [1.29, 1.82) is 0 Å². The molecule has 286 valence electrons.